The molecule has 0 amide bonds. The van der Waals surface area contributed by atoms with E-state index >= 15 is 0 Å². The quantitative estimate of drug-likeness (QED) is 0.748. The maximum Gasteiger partial charge on any atom is 0.142 e. The van der Waals surface area contributed by atoms with E-state index in [2.05, 4.69) is 11.0 Å². The van der Waals surface area contributed by atoms with E-state index in [1.807, 2.05) is 49.4 Å². The molecular weight excluding hydrogens is 330 g/mol. The number of benzene rings is 2. The van der Waals surface area contributed by atoms with Crippen molar-refractivity contribution in [2.24, 2.45) is 0 Å². The van der Waals surface area contributed by atoms with Gasteiger partial charge < -0.3 is 24.2 Å². The second kappa shape index (κ2) is 9.46. The van der Waals surface area contributed by atoms with Crippen LogP contribution >= 0.6 is 0 Å². The maximum absolute atomic E-state index is 9.32. The van der Waals surface area contributed by atoms with Gasteiger partial charge in [-0.3, -0.25) is 0 Å². The van der Waals surface area contributed by atoms with E-state index in [4.69, 9.17) is 14.2 Å². The predicted molar refractivity (Wildman–Crippen MR) is 102 cm³/mol. The van der Waals surface area contributed by atoms with Gasteiger partial charge in [-0.05, 0) is 36.8 Å². The molecule has 1 atom stereocenters. The van der Waals surface area contributed by atoms with Gasteiger partial charge >= 0.3 is 0 Å². The summed E-state index contributed by atoms with van der Waals surface area (Å²) in [4.78, 5) is 2.29. The first-order valence-electron chi connectivity index (χ1n) is 9.21. The van der Waals surface area contributed by atoms with Gasteiger partial charge in [0.2, 0.25) is 0 Å². The highest BCUT2D eigenvalue weighted by Crippen LogP contribution is 2.30. The average molecular weight is 357 g/mol. The molecule has 0 saturated carbocycles. The fraction of sp³-hybridized carbons (Fsp3) is 0.429. The number of nitrogens with zero attached hydrogens (tertiary/aromatic N) is 1. The molecule has 0 unspecified atom stereocenters. The molecule has 1 aliphatic heterocycles. The molecule has 1 N–H and O–H groups in total. The van der Waals surface area contributed by atoms with Crippen LogP contribution in [0.3, 0.4) is 0 Å². The normalized spacial score (nSPS) is 14.5. The van der Waals surface area contributed by atoms with Gasteiger partial charge in [0.05, 0.1) is 31.5 Å². The zero-order valence-electron chi connectivity index (χ0n) is 15.3. The molecule has 0 aromatic heterocycles. The Morgan fingerprint density at radius 2 is 1.96 bits per heavy atom. The monoisotopic (exact) mass is 357 g/mol. The summed E-state index contributed by atoms with van der Waals surface area (Å²) in [6.45, 7) is 5.60. The Morgan fingerprint density at radius 1 is 1.15 bits per heavy atom. The van der Waals surface area contributed by atoms with Crippen LogP contribution in [0, 0.1) is 0 Å². The van der Waals surface area contributed by atoms with Crippen molar-refractivity contribution in [3.05, 3.63) is 54.1 Å². The molecule has 5 heteroatoms. The summed E-state index contributed by atoms with van der Waals surface area (Å²) in [5.74, 6) is 1.79. The van der Waals surface area contributed by atoms with Crippen LogP contribution < -0.4 is 14.4 Å². The number of ether oxygens (including phenoxy) is 3. The lowest BCUT2D eigenvalue weighted by Crippen LogP contribution is -2.35. The molecule has 0 fully saturated rings. The minimum Gasteiger partial charge on any atom is -0.492 e. The number of hydrogen-bond acceptors (Lipinski definition) is 5. The predicted octanol–water partition coefficient (Wildman–Crippen LogP) is 2.90. The molecule has 5 nitrogen and oxygen atoms in total. The standard InChI is InChI=1S/C21H27NO4/c1-2-24-19(16-23)15-17-7-9-18(10-8-17)25-13-11-22-12-14-26-21-6-4-3-5-20(21)22/h3-10,19,23H,2,11-16H2,1H3/t19-/m0/s1. The molecule has 140 valence electrons. The summed E-state index contributed by atoms with van der Waals surface area (Å²) < 4.78 is 17.1. The fourth-order valence-corrected chi connectivity index (χ4v) is 3.13. The van der Waals surface area contributed by atoms with Gasteiger partial charge in [0.15, 0.2) is 0 Å². The summed E-state index contributed by atoms with van der Waals surface area (Å²) in [7, 11) is 0. The van der Waals surface area contributed by atoms with Crippen LogP contribution in [0.2, 0.25) is 0 Å². The Balaban J connectivity index is 1.48. The van der Waals surface area contributed by atoms with Crippen molar-refractivity contribution >= 4 is 5.69 Å². The lowest BCUT2D eigenvalue weighted by atomic mass is 10.1. The van der Waals surface area contributed by atoms with Gasteiger partial charge in [-0.2, -0.15) is 0 Å². The Hall–Kier alpha value is -2.24. The van der Waals surface area contributed by atoms with Crippen LogP contribution in [0.15, 0.2) is 48.5 Å². The summed E-state index contributed by atoms with van der Waals surface area (Å²) in [6.07, 6.45) is 0.558. The van der Waals surface area contributed by atoms with Crippen LogP contribution in [-0.4, -0.2) is 50.7 Å². The highest BCUT2D eigenvalue weighted by molar-refractivity contribution is 5.59. The Labute approximate surface area is 155 Å². The summed E-state index contributed by atoms with van der Waals surface area (Å²) in [5.41, 5.74) is 2.26. The smallest absolute Gasteiger partial charge is 0.142 e. The minimum absolute atomic E-state index is 0.0348. The second-order valence-corrected chi connectivity index (χ2v) is 6.26. The third-order valence-corrected chi connectivity index (χ3v) is 4.45. The molecule has 26 heavy (non-hydrogen) atoms. The topological polar surface area (TPSA) is 51.2 Å². The van der Waals surface area contributed by atoms with Crippen LogP contribution in [0.5, 0.6) is 11.5 Å². The molecule has 3 rings (SSSR count). The van der Waals surface area contributed by atoms with E-state index in [-0.39, 0.29) is 12.7 Å². The SMILES string of the molecule is CCO[C@H](CO)Cc1ccc(OCCN2CCOc3ccccc32)cc1. The average Bonchev–Trinajstić information content (AvgIpc) is 2.69. The van der Waals surface area contributed by atoms with E-state index in [9.17, 15) is 5.11 Å². The third kappa shape index (κ3) is 4.90. The van der Waals surface area contributed by atoms with Crippen LogP contribution in [-0.2, 0) is 11.2 Å². The largest absolute Gasteiger partial charge is 0.492 e. The second-order valence-electron chi connectivity index (χ2n) is 6.26. The van der Waals surface area contributed by atoms with Gasteiger partial charge in [-0.25, -0.2) is 0 Å². The number of aliphatic hydroxyl groups excluding tert-OH is 1. The van der Waals surface area contributed by atoms with Crippen molar-refractivity contribution in [2.45, 2.75) is 19.4 Å². The summed E-state index contributed by atoms with van der Waals surface area (Å²) in [6, 6.07) is 16.1. The van der Waals surface area contributed by atoms with Gasteiger partial charge in [-0.1, -0.05) is 24.3 Å². The van der Waals surface area contributed by atoms with Crippen molar-refractivity contribution in [1.82, 2.24) is 0 Å². The van der Waals surface area contributed by atoms with Crippen molar-refractivity contribution < 1.29 is 19.3 Å². The van der Waals surface area contributed by atoms with Crippen LogP contribution in [0.4, 0.5) is 5.69 Å². The van der Waals surface area contributed by atoms with E-state index in [0.717, 1.165) is 35.8 Å². The van der Waals surface area contributed by atoms with Crippen molar-refractivity contribution in [3.8, 4) is 11.5 Å². The third-order valence-electron chi connectivity index (χ3n) is 4.45. The van der Waals surface area contributed by atoms with E-state index in [1.54, 1.807) is 0 Å². The summed E-state index contributed by atoms with van der Waals surface area (Å²) >= 11 is 0. The van der Waals surface area contributed by atoms with Gasteiger partial charge in [0.1, 0.15) is 24.7 Å². The molecular formula is C21H27NO4. The highest BCUT2D eigenvalue weighted by Gasteiger charge is 2.17. The zero-order chi connectivity index (χ0) is 18.2. The van der Waals surface area contributed by atoms with Crippen LogP contribution in [0.25, 0.3) is 0 Å². The highest BCUT2D eigenvalue weighted by atomic mass is 16.5. The molecule has 2 aromatic rings. The van der Waals surface area contributed by atoms with Crippen molar-refractivity contribution in [3.63, 3.8) is 0 Å². The van der Waals surface area contributed by atoms with Crippen molar-refractivity contribution in [1.29, 1.82) is 0 Å². The molecule has 0 saturated heterocycles. The number of aliphatic hydroxyl groups is 1. The molecule has 0 radical (unpaired) electrons. The number of rotatable bonds is 9. The Kier molecular flexibility index (Phi) is 6.75. The number of hydrogen-bond donors (Lipinski definition) is 1. The van der Waals surface area contributed by atoms with Crippen molar-refractivity contribution in [2.75, 3.05) is 44.4 Å². The Bertz CT molecular complexity index is 674. The lowest BCUT2D eigenvalue weighted by molar-refractivity contribution is 0.0207. The zero-order valence-corrected chi connectivity index (χ0v) is 15.3. The number of para-hydroxylation sites is 2. The molecule has 2 aromatic carbocycles. The van der Waals surface area contributed by atoms with Gasteiger partial charge in [0, 0.05) is 13.0 Å². The Morgan fingerprint density at radius 3 is 2.73 bits per heavy atom. The first kappa shape index (κ1) is 18.5. The summed E-state index contributed by atoms with van der Waals surface area (Å²) in [5, 5.41) is 9.32. The maximum atomic E-state index is 9.32. The number of anilines is 1. The van der Waals surface area contributed by atoms with E-state index < -0.39 is 0 Å². The van der Waals surface area contributed by atoms with E-state index in [0.29, 0.717) is 26.2 Å². The van der Waals surface area contributed by atoms with Gasteiger partial charge in [0.25, 0.3) is 0 Å². The molecule has 1 heterocycles. The molecule has 0 spiro atoms. The van der Waals surface area contributed by atoms with Crippen LogP contribution in [0.1, 0.15) is 12.5 Å². The number of fused-ring (bicyclic) bond motifs is 1. The molecule has 1 aliphatic rings. The molecule has 0 bridgehead atoms. The fourth-order valence-electron chi connectivity index (χ4n) is 3.13. The lowest BCUT2D eigenvalue weighted by Gasteiger charge is -2.31. The molecule has 0 aliphatic carbocycles. The van der Waals surface area contributed by atoms with E-state index in [1.165, 1.54) is 0 Å². The van der Waals surface area contributed by atoms with Gasteiger partial charge in [-0.15, -0.1) is 0 Å². The minimum atomic E-state index is -0.145. The first-order chi connectivity index (χ1) is 12.8. The first-order valence-corrected chi connectivity index (χ1v) is 9.21.